The number of benzene rings is 1. The summed E-state index contributed by atoms with van der Waals surface area (Å²) in [5, 5.41) is 2.84. The van der Waals surface area contributed by atoms with Crippen LogP contribution in [-0.2, 0) is 4.79 Å². The lowest BCUT2D eigenvalue weighted by molar-refractivity contribution is -0.117. The van der Waals surface area contributed by atoms with Crippen molar-refractivity contribution in [2.75, 3.05) is 42.9 Å². The van der Waals surface area contributed by atoms with Crippen LogP contribution in [0.25, 0.3) is 0 Å². The fraction of sp³-hybridized carbons (Fsp3) is 0.333. The summed E-state index contributed by atoms with van der Waals surface area (Å²) in [6.07, 6.45) is 3.46. The van der Waals surface area contributed by atoms with Crippen molar-refractivity contribution in [3.8, 4) is 0 Å². The normalized spacial score (nSPS) is 15.0. The van der Waals surface area contributed by atoms with Crippen LogP contribution in [0.15, 0.2) is 42.7 Å². The SMILES string of the molecule is CC(=O)c1ccccc1NC(=O)CN1CCN(c2ncccn2)CC1. The van der Waals surface area contributed by atoms with Gasteiger partial charge in [0.15, 0.2) is 5.78 Å². The fourth-order valence-electron chi connectivity index (χ4n) is 2.85. The third kappa shape index (κ3) is 4.39. The Labute approximate surface area is 146 Å². The van der Waals surface area contributed by atoms with Gasteiger partial charge in [-0.25, -0.2) is 9.97 Å². The topological polar surface area (TPSA) is 78.4 Å². The highest BCUT2D eigenvalue weighted by Gasteiger charge is 2.21. The van der Waals surface area contributed by atoms with Crippen molar-refractivity contribution in [3.05, 3.63) is 48.3 Å². The molecule has 25 heavy (non-hydrogen) atoms. The molecular formula is C18H21N5O2. The molecule has 3 rings (SSSR count). The number of nitrogens with one attached hydrogen (secondary N) is 1. The average Bonchev–Trinajstić information content (AvgIpc) is 2.63. The number of carbonyl (C=O) groups is 2. The standard InChI is InChI=1S/C18H21N5O2/c1-14(24)15-5-2-3-6-16(15)21-17(25)13-22-9-11-23(12-10-22)18-19-7-4-8-20-18/h2-8H,9-13H2,1H3,(H,21,25). The molecule has 130 valence electrons. The molecule has 1 aromatic heterocycles. The van der Waals surface area contributed by atoms with Crippen LogP contribution in [0.4, 0.5) is 11.6 Å². The Kier molecular flexibility index (Phi) is 5.35. The van der Waals surface area contributed by atoms with Gasteiger partial charge in [0.1, 0.15) is 0 Å². The van der Waals surface area contributed by atoms with Crippen molar-refractivity contribution in [2.45, 2.75) is 6.92 Å². The highest BCUT2D eigenvalue weighted by molar-refractivity contribution is 6.04. The molecule has 0 unspecified atom stereocenters. The van der Waals surface area contributed by atoms with Crippen LogP contribution in [-0.4, -0.2) is 59.3 Å². The third-order valence-corrected chi connectivity index (χ3v) is 4.15. The molecule has 0 spiro atoms. The van der Waals surface area contributed by atoms with Crippen molar-refractivity contribution in [1.29, 1.82) is 0 Å². The van der Waals surface area contributed by atoms with Gasteiger partial charge in [0, 0.05) is 44.1 Å². The van der Waals surface area contributed by atoms with Gasteiger partial charge in [-0.3, -0.25) is 14.5 Å². The molecule has 1 aliphatic heterocycles. The highest BCUT2D eigenvalue weighted by Crippen LogP contribution is 2.16. The minimum Gasteiger partial charge on any atom is -0.338 e. The zero-order valence-electron chi connectivity index (χ0n) is 14.2. The molecule has 0 radical (unpaired) electrons. The first kappa shape index (κ1) is 17.0. The number of Topliss-reactive ketones (excluding diaryl/α,β-unsaturated/α-hetero) is 1. The number of amides is 1. The summed E-state index contributed by atoms with van der Waals surface area (Å²) in [5.41, 5.74) is 1.10. The Bertz CT molecular complexity index is 742. The summed E-state index contributed by atoms with van der Waals surface area (Å²) < 4.78 is 0. The molecule has 0 bridgehead atoms. The van der Waals surface area contributed by atoms with Gasteiger partial charge in [0.05, 0.1) is 12.2 Å². The monoisotopic (exact) mass is 339 g/mol. The molecule has 1 N–H and O–H groups in total. The Morgan fingerprint density at radius 1 is 1.04 bits per heavy atom. The molecular weight excluding hydrogens is 318 g/mol. The minimum atomic E-state index is -0.113. The van der Waals surface area contributed by atoms with Crippen molar-refractivity contribution in [2.24, 2.45) is 0 Å². The molecule has 0 atom stereocenters. The van der Waals surface area contributed by atoms with E-state index >= 15 is 0 Å². The van der Waals surface area contributed by atoms with E-state index in [0.717, 1.165) is 32.1 Å². The smallest absolute Gasteiger partial charge is 0.238 e. The van der Waals surface area contributed by atoms with E-state index in [4.69, 9.17) is 0 Å². The van der Waals surface area contributed by atoms with Crippen LogP contribution in [0, 0.1) is 0 Å². The molecule has 1 saturated heterocycles. The Morgan fingerprint density at radius 3 is 2.40 bits per heavy atom. The van der Waals surface area contributed by atoms with Gasteiger partial charge >= 0.3 is 0 Å². The van der Waals surface area contributed by atoms with Crippen LogP contribution < -0.4 is 10.2 Å². The predicted octanol–water partition coefficient (Wildman–Crippen LogP) is 1.44. The van der Waals surface area contributed by atoms with E-state index in [0.29, 0.717) is 17.8 Å². The van der Waals surface area contributed by atoms with Gasteiger partial charge in [-0.05, 0) is 25.1 Å². The molecule has 0 aliphatic carbocycles. The maximum absolute atomic E-state index is 12.3. The van der Waals surface area contributed by atoms with Gasteiger partial charge in [0.25, 0.3) is 0 Å². The largest absolute Gasteiger partial charge is 0.338 e. The maximum Gasteiger partial charge on any atom is 0.238 e. The minimum absolute atomic E-state index is 0.0626. The molecule has 0 saturated carbocycles. The van der Waals surface area contributed by atoms with Crippen molar-refractivity contribution >= 4 is 23.3 Å². The van der Waals surface area contributed by atoms with E-state index in [1.54, 1.807) is 42.7 Å². The molecule has 1 amide bonds. The second-order valence-corrected chi connectivity index (χ2v) is 5.96. The number of hydrogen-bond acceptors (Lipinski definition) is 6. The first-order chi connectivity index (χ1) is 12.1. The summed E-state index contributed by atoms with van der Waals surface area (Å²) in [6, 6.07) is 8.86. The quantitative estimate of drug-likeness (QED) is 0.831. The zero-order valence-corrected chi connectivity index (χ0v) is 14.2. The lowest BCUT2D eigenvalue weighted by Gasteiger charge is -2.34. The van der Waals surface area contributed by atoms with Gasteiger partial charge in [0.2, 0.25) is 11.9 Å². The summed E-state index contributed by atoms with van der Waals surface area (Å²) in [6.45, 7) is 4.88. The molecule has 2 aromatic rings. The number of aromatic nitrogens is 2. The number of piperazine rings is 1. The second-order valence-electron chi connectivity index (χ2n) is 5.96. The summed E-state index contributed by atoms with van der Waals surface area (Å²) in [7, 11) is 0. The fourth-order valence-corrected chi connectivity index (χ4v) is 2.85. The Morgan fingerprint density at radius 2 is 1.72 bits per heavy atom. The first-order valence-electron chi connectivity index (χ1n) is 8.27. The van der Waals surface area contributed by atoms with Crippen LogP contribution in [0.1, 0.15) is 17.3 Å². The van der Waals surface area contributed by atoms with Crippen LogP contribution >= 0.6 is 0 Å². The van der Waals surface area contributed by atoms with E-state index in [1.807, 2.05) is 0 Å². The molecule has 2 heterocycles. The van der Waals surface area contributed by atoms with Crippen molar-refractivity contribution in [3.63, 3.8) is 0 Å². The van der Waals surface area contributed by atoms with Gasteiger partial charge in [-0.15, -0.1) is 0 Å². The maximum atomic E-state index is 12.3. The lowest BCUT2D eigenvalue weighted by atomic mass is 10.1. The van der Waals surface area contributed by atoms with Crippen LogP contribution in [0.2, 0.25) is 0 Å². The first-order valence-corrected chi connectivity index (χ1v) is 8.27. The highest BCUT2D eigenvalue weighted by atomic mass is 16.2. The Balaban J connectivity index is 1.52. The van der Waals surface area contributed by atoms with E-state index in [9.17, 15) is 9.59 Å². The van der Waals surface area contributed by atoms with Gasteiger partial charge in [-0.1, -0.05) is 12.1 Å². The summed E-state index contributed by atoms with van der Waals surface area (Å²) >= 11 is 0. The number of nitrogens with zero attached hydrogens (tertiary/aromatic N) is 4. The zero-order chi connectivity index (χ0) is 17.6. The molecule has 1 aromatic carbocycles. The Hall–Kier alpha value is -2.80. The number of anilines is 2. The molecule has 7 heteroatoms. The molecule has 1 fully saturated rings. The number of rotatable bonds is 5. The predicted molar refractivity (Wildman–Crippen MR) is 95.8 cm³/mol. The van der Waals surface area contributed by atoms with E-state index in [1.165, 1.54) is 6.92 Å². The molecule has 7 nitrogen and oxygen atoms in total. The summed E-state index contributed by atoms with van der Waals surface area (Å²) in [4.78, 5) is 36.6. The van der Waals surface area contributed by atoms with Crippen molar-refractivity contribution < 1.29 is 9.59 Å². The van der Waals surface area contributed by atoms with Gasteiger partial charge < -0.3 is 10.2 Å². The molecule has 1 aliphatic rings. The van der Waals surface area contributed by atoms with Gasteiger partial charge in [-0.2, -0.15) is 0 Å². The number of para-hydroxylation sites is 1. The second kappa shape index (κ2) is 7.85. The average molecular weight is 339 g/mol. The van der Waals surface area contributed by atoms with Crippen molar-refractivity contribution in [1.82, 2.24) is 14.9 Å². The third-order valence-electron chi connectivity index (χ3n) is 4.15. The number of ketones is 1. The van der Waals surface area contributed by atoms with E-state index < -0.39 is 0 Å². The number of carbonyl (C=O) groups excluding carboxylic acids is 2. The lowest BCUT2D eigenvalue weighted by Crippen LogP contribution is -2.49. The number of hydrogen-bond donors (Lipinski definition) is 1. The van der Waals surface area contributed by atoms with Crippen LogP contribution in [0.3, 0.4) is 0 Å². The van der Waals surface area contributed by atoms with E-state index in [2.05, 4.69) is 25.1 Å². The van der Waals surface area contributed by atoms with Crippen LogP contribution in [0.5, 0.6) is 0 Å². The van der Waals surface area contributed by atoms with E-state index in [-0.39, 0.29) is 11.7 Å². The summed E-state index contributed by atoms with van der Waals surface area (Å²) in [5.74, 6) is 0.549.